The predicted octanol–water partition coefficient (Wildman–Crippen LogP) is 1.07. The van der Waals surface area contributed by atoms with E-state index in [1.165, 1.54) is 12.1 Å². The van der Waals surface area contributed by atoms with Crippen molar-refractivity contribution in [2.45, 2.75) is 11.8 Å². The zero-order valence-corrected chi connectivity index (χ0v) is 8.97. The molecule has 2 N–H and O–H groups in total. The van der Waals surface area contributed by atoms with Crippen LogP contribution in [0.3, 0.4) is 0 Å². The molecule has 1 aromatic rings. The van der Waals surface area contributed by atoms with E-state index < -0.39 is 9.84 Å². The van der Waals surface area contributed by atoms with Gasteiger partial charge in [-0.1, -0.05) is 0 Å². The van der Waals surface area contributed by atoms with Gasteiger partial charge in [-0.25, -0.2) is 8.42 Å². The number of nitrogens with two attached hydrogens (primary N) is 1. The predicted molar refractivity (Wildman–Crippen MR) is 55.1 cm³/mol. The number of sulfone groups is 1. The molecule has 4 nitrogen and oxygen atoms in total. The highest BCUT2D eigenvalue weighted by atomic mass is 32.2. The summed E-state index contributed by atoms with van der Waals surface area (Å²) in [7, 11) is -3.25. The molecule has 0 aromatic heterocycles. The zero-order valence-electron chi connectivity index (χ0n) is 8.15. The molecule has 14 heavy (non-hydrogen) atoms. The van der Waals surface area contributed by atoms with Crippen LogP contribution in [-0.4, -0.2) is 21.3 Å². The van der Waals surface area contributed by atoms with Crippen LogP contribution in [-0.2, 0) is 9.84 Å². The molecule has 0 radical (unpaired) electrons. The molecule has 78 valence electrons. The molecule has 0 bridgehead atoms. The molecule has 0 saturated heterocycles. The lowest BCUT2D eigenvalue weighted by molar-refractivity contribution is 0.331. The SMILES string of the molecule is CCOc1cc(N)ccc1S(C)(=O)=O. The number of hydrogen-bond acceptors (Lipinski definition) is 4. The van der Waals surface area contributed by atoms with Gasteiger partial charge in [0.2, 0.25) is 0 Å². The van der Waals surface area contributed by atoms with Crippen molar-refractivity contribution >= 4 is 15.5 Å². The van der Waals surface area contributed by atoms with Gasteiger partial charge < -0.3 is 10.5 Å². The van der Waals surface area contributed by atoms with E-state index >= 15 is 0 Å². The van der Waals surface area contributed by atoms with Crippen molar-refractivity contribution in [3.63, 3.8) is 0 Å². The molecule has 0 unspecified atom stereocenters. The van der Waals surface area contributed by atoms with Crippen molar-refractivity contribution in [3.8, 4) is 5.75 Å². The molecule has 0 aliphatic carbocycles. The molecule has 0 aliphatic heterocycles. The Morgan fingerprint density at radius 3 is 2.57 bits per heavy atom. The smallest absolute Gasteiger partial charge is 0.179 e. The van der Waals surface area contributed by atoms with Crippen LogP contribution < -0.4 is 10.5 Å². The normalized spacial score (nSPS) is 11.3. The Kier molecular flexibility index (Phi) is 3.00. The fraction of sp³-hybridized carbons (Fsp3) is 0.333. The van der Waals surface area contributed by atoms with E-state index in [0.717, 1.165) is 6.26 Å². The maximum atomic E-state index is 11.3. The summed E-state index contributed by atoms with van der Waals surface area (Å²) in [6.07, 6.45) is 1.14. The van der Waals surface area contributed by atoms with E-state index in [1.807, 2.05) is 0 Å². The van der Waals surface area contributed by atoms with Gasteiger partial charge in [0.05, 0.1) is 6.61 Å². The summed E-state index contributed by atoms with van der Waals surface area (Å²) in [5, 5.41) is 0. The first-order valence-corrected chi connectivity index (χ1v) is 6.06. The number of rotatable bonds is 3. The largest absolute Gasteiger partial charge is 0.492 e. The summed E-state index contributed by atoms with van der Waals surface area (Å²) in [4.78, 5) is 0.175. The van der Waals surface area contributed by atoms with Crippen LogP contribution >= 0.6 is 0 Å². The lowest BCUT2D eigenvalue weighted by Crippen LogP contribution is -2.03. The Bertz CT molecular complexity index is 426. The van der Waals surface area contributed by atoms with Crippen LogP contribution in [0.4, 0.5) is 5.69 Å². The summed E-state index contributed by atoms with van der Waals surface area (Å²) < 4.78 is 27.8. The van der Waals surface area contributed by atoms with E-state index in [2.05, 4.69) is 0 Å². The molecule has 1 rings (SSSR count). The third-order valence-electron chi connectivity index (χ3n) is 1.67. The van der Waals surface area contributed by atoms with Gasteiger partial charge in [0.1, 0.15) is 10.6 Å². The Morgan fingerprint density at radius 1 is 1.43 bits per heavy atom. The van der Waals surface area contributed by atoms with E-state index in [-0.39, 0.29) is 4.90 Å². The Labute approximate surface area is 83.6 Å². The molecule has 0 aliphatic rings. The second kappa shape index (κ2) is 3.88. The molecular formula is C9H13NO3S. The van der Waals surface area contributed by atoms with Gasteiger partial charge >= 0.3 is 0 Å². The first-order valence-electron chi connectivity index (χ1n) is 4.17. The molecule has 0 spiro atoms. The summed E-state index contributed by atoms with van der Waals surface area (Å²) in [6, 6.07) is 4.51. The standard InChI is InChI=1S/C9H13NO3S/c1-3-13-8-6-7(10)4-5-9(8)14(2,11)12/h4-6H,3,10H2,1-2H3. The zero-order chi connectivity index (χ0) is 10.8. The van der Waals surface area contributed by atoms with E-state index in [1.54, 1.807) is 13.0 Å². The quantitative estimate of drug-likeness (QED) is 0.766. The van der Waals surface area contributed by atoms with Crippen LogP contribution in [0.1, 0.15) is 6.92 Å². The van der Waals surface area contributed by atoms with Crippen molar-refractivity contribution in [2.24, 2.45) is 0 Å². The maximum Gasteiger partial charge on any atom is 0.179 e. The number of anilines is 1. The van der Waals surface area contributed by atoms with Crippen molar-refractivity contribution < 1.29 is 13.2 Å². The molecule has 0 fully saturated rings. The lowest BCUT2D eigenvalue weighted by Gasteiger charge is -2.08. The van der Waals surface area contributed by atoms with Crippen LogP contribution in [0, 0.1) is 0 Å². The molecule has 5 heteroatoms. The number of benzene rings is 1. The van der Waals surface area contributed by atoms with Gasteiger partial charge in [0.15, 0.2) is 9.84 Å². The Balaban J connectivity index is 3.29. The third kappa shape index (κ3) is 2.38. The molecule has 0 atom stereocenters. The summed E-state index contributed by atoms with van der Waals surface area (Å²) in [5.41, 5.74) is 6.01. The molecule has 0 saturated carbocycles. The first kappa shape index (κ1) is 10.8. The van der Waals surface area contributed by atoms with Gasteiger partial charge in [-0.2, -0.15) is 0 Å². The molecule has 0 heterocycles. The first-order chi connectivity index (χ1) is 6.45. The van der Waals surface area contributed by atoms with Gasteiger partial charge in [-0.3, -0.25) is 0 Å². The van der Waals surface area contributed by atoms with Crippen LogP contribution in [0.25, 0.3) is 0 Å². The third-order valence-corrected chi connectivity index (χ3v) is 2.80. The number of hydrogen-bond donors (Lipinski definition) is 1. The Morgan fingerprint density at radius 2 is 2.07 bits per heavy atom. The van der Waals surface area contributed by atoms with E-state index in [0.29, 0.717) is 18.0 Å². The monoisotopic (exact) mass is 215 g/mol. The van der Waals surface area contributed by atoms with Crippen molar-refractivity contribution in [1.82, 2.24) is 0 Å². The fourth-order valence-corrected chi connectivity index (χ4v) is 1.90. The van der Waals surface area contributed by atoms with Crippen LogP contribution in [0.15, 0.2) is 23.1 Å². The highest BCUT2D eigenvalue weighted by molar-refractivity contribution is 7.90. The minimum atomic E-state index is -3.25. The maximum absolute atomic E-state index is 11.3. The van der Waals surface area contributed by atoms with Crippen molar-refractivity contribution in [1.29, 1.82) is 0 Å². The molecule has 1 aromatic carbocycles. The topological polar surface area (TPSA) is 69.4 Å². The van der Waals surface area contributed by atoms with Crippen molar-refractivity contribution in [2.75, 3.05) is 18.6 Å². The van der Waals surface area contributed by atoms with Gasteiger partial charge in [0, 0.05) is 18.0 Å². The second-order valence-electron chi connectivity index (χ2n) is 2.91. The van der Waals surface area contributed by atoms with Gasteiger partial charge in [-0.05, 0) is 19.1 Å². The minimum absolute atomic E-state index is 0.175. The average Bonchev–Trinajstić information content (AvgIpc) is 2.02. The summed E-state index contributed by atoms with van der Waals surface area (Å²) in [6.45, 7) is 2.20. The highest BCUT2D eigenvalue weighted by Gasteiger charge is 2.13. The van der Waals surface area contributed by atoms with Gasteiger partial charge in [0.25, 0.3) is 0 Å². The van der Waals surface area contributed by atoms with E-state index in [4.69, 9.17) is 10.5 Å². The Hall–Kier alpha value is -1.23. The second-order valence-corrected chi connectivity index (χ2v) is 4.90. The summed E-state index contributed by atoms with van der Waals surface area (Å²) in [5.74, 6) is 0.315. The van der Waals surface area contributed by atoms with Crippen LogP contribution in [0.5, 0.6) is 5.75 Å². The molecule has 0 amide bonds. The van der Waals surface area contributed by atoms with E-state index in [9.17, 15) is 8.42 Å². The lowest BCUT2D eigenvalue weighted by atomic mass is 10.3. The van der Waals surface area contributed by atoms with Crippen molar-refractivity contribution in [3.05, 3.63) is 18.2 Å². The average molecular weight is 215 g/mol. The summed E-state index contributed by atoms with van der Waals surface area (Å²) >= 11 is 0. The van der Waals surface area contributed by atoms with Gasteiger partial charge in [-0.15, -0.1) is 0 Å². The number of ether oxygens (including phenoxy) is 1. The highest BCUT2D eigenvalue weighted by Crippen LogP contribution is 2.26. The molecular weight excluding hydrogens is 202 g/mol. The van der Waals surface area contributed by atoms with Crippen LogP contribution in [0.2, 0.25) is 0 Å². The minimum Gasteiger partial charge on any atom is -0.492 e. The number of nitrogen functional groups attached to an aromatic ring is 1. The fourth-order valence-electron chi connectivity index (χ4n) is 1.10.